The predicted octanol–water partition coefficient (Wildman–Crippen LogP) is 3.64. The van der Waals surface area contributed by atoms with Crippen molar-refractivity contribution in [1.82, 2.24) is 0 Å². The van der Waals surface area contributed by atoms with E-state index in [2.05, 4.69) is 6.58 Å². The zero-order valence-corrected chi connectivity index (χ0v) is 18.4. The fourth-order valence-corrected chi connectivity index (χ4v) is 4.60. The molecule has 32 heavy (non-hydrogen) atoms. The van der Waals surface area contributed by atoms with Gasteiger partial charge in [-0.2, -0.15) is 0 Å². The Kier molecular flexibility index (Phi) is 8.47. The lowest BCUT2D eigenvalue weighted by Gasteiger charge is -2.25. The average Bonchev–Trinajstić information content (AvgIpc) is 3.12. The van der Waals surface area contributed by atoms with Crippen LogP contribution in [0.3, 0.4) is 0 Å². The maximum atomic E-state index is 12.7. The second-order valence-electron chi connectivity index (χ2n) is 6.94. The number of esters is 3. The number of carbonyl (C=O) groups is 3. The van der Waals surface area contributed by atoms with Crippen LogP contribution in [-0.2, 0) is 23.7 Å². The number of rotatable bonds is 9. The van der Waals surface area contributed by atoms with E-state index in [0.29, 0.717) is 11.1 Å². The minimum absolute atomic E-state index is 0.0587. The highest BCUT2D eigenvalue weighted by molar-refractivity contribution is 8.00. The van der Waals surface area contributed by atoms with E-state index in [-0.39, 0.29) is 13.2 Å². The maximum Gasteiger partial charge on any atom is 0.338 e. The second-order valence-corrected chi connectivity index (χ2v) is 8.28. The molecule has 1 heterocycles. The topological polar surface area (TPSA) is 88.1 Å². The summed E-state index contributed by atoms with van der Waals surface area (Å²) in [4.78, 5) is 36.7. The van der Waals surface area contributed by atoms with Gasteiger partial charge in [0.1, 0.15) is 18.8 Å². The zero-order chi connectivity index (χ0) is 22.9. The molecule has 7 nitrogen and oxygen atoms in total. The number of benzene rings is 2. The summed E-state index contributed by atoms with van der Waals surface area (Å²) >= 11 is 1.22. The first-order valence-corrected chi connectivity index (χ1v) is 11.0. The van der Waals surface area contributed by atoms with Crippen LogP contribution in [0.25, 0.3) is 0 Å². The van der Waals surface area contributed by atoms with E-state index in [9.17, 15) is 14.4 Å². The first-order valence-electron chi connectivity index (χ1n) is 10.0. The van der Waals surface area contributed by atoms with Gasteiger partial charge in [0.05, 0.1) is 23.0 Å². The number of thioether (sulfide) groups is 1. The molecule has 4 atom stereocenters. The van der Waals surface area contributed by atoms with Crippen LogP contribution in [0.4, 0.5) is 0 Å². The van der Waals surface area contributed by atoms with Crippen molar-refractivity contribution in [2.24, 2.45) is 0 Å². The largest absolute Gasteiger partial charge is 0.461 e. The molecule has 0 aliphatic carbocycles. The summed E-state index contributed by atoms with van der Waals surface area (Å²) in [5, 5.41) is -0.505. The fourth-order valence-electron chi connectivity index (χ4n) is 3.16. The van der Waals surface area contributed by atoms with E-state index in [4.69, 9.17) is 18.9 Å². The van der Waals surface area contributed by atoms with Gasteiger partial charge in [0, 0.05) is 6.92 Å². The SMILES string of the molecule is C=CCO[C@@H]1C(OC(C)=O)S[C@H](COC(=O)c2ccccc2)[C@H]1OC(=O)c1ccccc1. The van der Waals surface area contributed by atoms with E-state index in [1.54, 1.807) is 66.7 Å². The van der Waals surface area contributed by atoms with Crippen molar-refractivity contribution in [1.29, 1.82) is 0 Å². The lowest BCUT2D eigenvalue weighted by molar-refractivity contribution is -0.150. The van der Waals surface area contributed by atoms with Gasteiger partial charge in [-0.15, -0.1) is 18.3 Å². The van der Waals surface area contributed by atoms with E-state index in [0.717, 1.165) is 0 Å². The molecule has 1 aliphatic rings. The Hall–Kier alpha value is -3.10. The quantitative estimate of drug-likeness (QED) is 0.321. The Morgan fingerprint density at radius 2 is 1.50 bits per heavy atom. The number of hydrogen-bond acceptors (Lipinski definition) is 8. The smallest absolute Gasteiger partial charge is 0.338 e. The Bertz CT molecular complexity index is 932. The average molecular weight is 457 g/mol. The Morgan fingerprint density at radius 3 is 2.06 bits per heavy atom. The molecular weight excluding hydrogens is 432 g/mol. The van der Waals surface area contributed by atoms with Crippen molar-refractivity contribution in [3.63, 3.8) is 0 Å². The summed E-state index contributed by atoms with van der Waals surface area (Å²) in [6.45, 7) is 5.03. The first-order chi connectivity index (χ1) is 15.5. The molecule has 0 spiro atoms. The molecule has 0 saturated carbocycles. The van der Waals surface area contributed by atoms with Crippen molar-refractivity contribution in [3.05, 3.63) is 84.4 Å². The van der Waals surface area contributed by atoms with Crippen LogP contribution in [0, 0.1) is 0 Å². The van der Waals surface area contributed by atoms with E-state index >= 15 is 0 Å². The van der Waals surface area contributed by atoms with Gasteiger partial charge in [-0.1, -0.05) is 42.5 Å². The summed E-state index contributed by atoms with van der Waals surface area (Å²) < 4.78 is 22.4. The molecular formula is C24H24O7S. The van der Waals surface area contributed by atoms with Crippen molar-refractivity contribution >= 4 is 29.7 Å². The van der Waals surface area contributed by atoms with Crippen LogP contribution in [0.2, 0.25) is 0 Å². The number of carbonyl (C=O) groups excluding carboxylic acids is 3. The summed E-state index contributed by atoms with van der Waals surface area (Å²) in [5.41, 5.74) is 0.0432. The van der Waals surface area contributed by atoms with Crippen molar-refractivity contribution in [2.45, 2.75) is 29.8 Å². The fraction of sp³-hybridized carbons (Fsp3) is 0.292. The number of hydrogen-bond donors (Lipinski definition) is 0. The van der Waals surface area contributed by atoms with Gasteiger partial charge in [-0.3, -0.25) is 4.79 Å². The minimum atomic E-state index is -0.819. The summed E-state index contributed by atoms with van der Waals surface area (Å²) in [7, 11) is 0. The van der Waals surface area contributed by atoms with Gasteiger partial charge in [-0.05, 0) is 24.3 Å². The monoisotopic (exact) mass is 456 g/mol. The molecule has 1 aliphatic heterocycles. The summed E-state index contributed by atoms with van der Waals surface area (Å²) in [6, 6.07) is 17.1. The third-order valence-corrected chi connectivity index (χ3v) is 5.98. The molecule has 0 bridgehead atoms. The lowest BCUT2D eigenvalue weighted by atomic mass is 10.1. The van der Waals surface area contributed by atoms with Gasteiger partial charge < -0.3 is 18.9 Å². The lowest BCUT2D eigenvalue weighted by Crippen LogP contribution is -2.41. The van der Waals surface area contributed by atoms with E-state index in [1.807, 2.05) is 0 Å². The van der Waals surface area contributed by atoms with Crippen LogP contribution in [0.15, 0.2) is 73.3 Å². The molecule has 1 saturated heterocycles. The predicted molar refractivity (Wildman–Crippen MR) is 119 cm³/mol. The molecule has 0 amide bonds. The van der Waals surface area contributed by atoms with Gasteiger partial charge in [0.15, 0.2) is 5.44 Å². The molecule has 168 valence electrons. The van der Waals surface area contributed by atoms with Crippen LogP contribution in [0.5, 0.6) is 0 Å². The molecule has 3 rings (SSSR count). The molecule has 2 aromatic carbocycles. The van der Waals surface area contributed by atoms with E-state index in [1.165, 1.54) is 18.7 Å². The van der Waals surface area contributed by atoms with Crippen LogP contribution < -0.4 is 0 Å². The van der Waals surface area contributed by atoms with Gasteiger partial charge >= 0.3 is 17.9 Å². The first kappa shape index (κ1) is 23.6. The van der Waals surface area contributed by atoms with E-state index < -0.39 is 40.8 Å². The van der Waals surface area contributed by atoms with Crippen molar-refractivity contribution < 1.29 is 33.3 Å². The molecule has 1 fully saturated rings. The Labute approximate surface area is 190 Å². The molecule has 2 aromatic rings. The van der Waals surface area contributed by atoms with Gasteiger partial charge in [0.2, 0.25) is 0 Å². The highest BCUT2D eigenvalue weighted by atomic mass is 32.2. The Balaban J connectivity index is 1.78. The molecule has 8 heteroatoms. The number of ether oxygens (including phenoxy) is 4. The highest BCUT2D eigenvalue weighted by Gasteiger charge is 2.50. The summed E-state index contributed by atoms with van der Waals surface area (Å²) in [5.74, 6) is -1.55. The van der Waals surface area contributed by atoms with Crippen molar-refractivity contribution in [3.8, 4) is 0 Å². The molecule has 0 aromatic heterocycles. The van der Waals surface area contributed by atoms with Crippen molar-refractivity contribution in [2.75, 3.05) is 13.2 Å². The molecule has 1 unspecified atom stereocenters. The van der Waals surface area contributed by atoms with Crippen LogP contribution in [0.1, 0.15) is 27.6 Å². The second kappa shape index (κ2) is 11.5. The zero-order valence-electron chi connectivity index (χ0n) is 17.5. The minimum Gasteiger partial charge on any atom is -0.461 e. The molecule has 0 N–H and O–H groups in total. The van der Waals surface area contributed by atoms with Gasteiger partial charge in [-0.25, -0.2) is 9.59 Å². The third kappa shape index (κ3) is 6.21. The molecule has 0 radical (unpaired) electrons. The standard InChI is InChI=1S/C24H24O7S/c1-3-14-28-21-20(31-23(27)18-12-8-5-9-13-18)19(32-24(21)30-16(2)25)15-29-22(26)17-10-6-4-7-11-17/h3-13,19-21,24H,1,14-15H2,2H3/t19-,20-,21+,24?/m1/s1. The Morgan fingerprint density at radius 1 is 0.906 bits per heavy atom. The highest BCUT2D eigenvalue weighted by Crippen LogP contribution is 2.39. The maximum absolute atomic E-state index is 12.7. The van der Waals surface area contributed by atoms with Crippen LogP contribution in [-0.4, -0.2) is 54.0 Å². The summed E-state index contributed by atoms with van der Waals surface area (Å²) in [6.07, 6.45) is -0.0236. The van der Waals surface area contributed by atoms with Crippen LogP contribution >= 0.6 is 11.8 Å². The third-order valence-electron chi connectivity index (χ3n) is 4.60. The van der Waals surface area contributed by atoms with Gasteiger partial charge in [0.25, 0.3) is 0 Å². The normalized spacial score (nSPS) is 22.0.